The number of hydrogen-bond donors (Lipinski definition) is 0. The van der Waals surface area contributed by atoms with Gasteiger partial charge in [-0.25, -0.2) is 9.97 Å². The van der Waals surface area contributed by atoms with Gasteiger partial charge in [-0.3, -0.25) is 4.98 Å². The molecule has 3 aliphatic heterocycles. The van der Waals surface area contributed by atoms with Crippen LogP contribution in [0.15, 0.2) is 364 Å². The second-order valence-electron chi connectivity index (χ2n) is 38.7. The van der Waals surface area contributed by atoms with Crippen molar-refractivity contribution in [3.05, 3.63) is 364 Å². The van der Waals surface area contributed by atoms with E-state index in [4.69, 9.17) is 37.9 Å². The minimum atomic E-state index is -0.386. The van der Waals surface area contributed by atoms with E-state index in [1.807, 2.05) is 30.6 Å². The van der Waals surface area contributed by atoms with E-state index < -0.39 is 0 Å². The molecule has 3 fully saturated rings. The summed E-state index contributed by atoms with van der Waals surface area (Å²) in [6.45, 7) is 25.1. The van der Waals surface area contributed by atoms with Crippen LogP contribution in [-0.2, 0) is 27.9 Å². The van der Waals surface area contributed by atoms with Crippen molar-refractivity contribution in [1.82, 2.24) is 15.0 Å². The van der Waals surface area contributed by atoms with E-state index >= 15 is 0 Å². The summed E-state index contributed by atoms with van der Waals surface area (Å²) in [5.41, 5.74) is 18.0. The number of hydrogen-bond acceptors (Lipinski definition) is 9. The number of aromatic nitrogens is 3. The second kappa shape index (κ2) is 31.0. The van der Waals surface area contributed by atoms with Crippen LogP contribution in [0.4, 0.5) is 0 Å². The van der Waals surface area contributed by atoms with Crippen LogP contribution in [0.1, 0.15) is 83.1 Å². The normalized spacial score (nSPS) is 16.1. The highest BCUT2D eigenvalue weighted by molar-refractivity contribution is 6.63. The number of benzene rings is 20. The molecule has 632 valence electrons. The first-order valence-electron chi connectivity index (χ1n) is 45.7. The van der Waals surface area contributed by atoms with Gasteiger partial charge in [0, 0.05) is 34.6 Å². The quantitative estimate of drug-likeness (QED) is 0.0927. The summed E-state index contributed by atoms with van der Waals surface area (Å²) in [6, 6.07) is 127. The van der Waals surface area contributed by atoms with Gasteiger partial charge < -0.3 is 27.9 Å². The Labute approximate surface area is 764 Å². The van der Waals surface area contributed by atoms with Crippen LogP contribution in [0.25, 0.3) is 208 Å². The van der Waals surface area contributed by atoms with Crippen molar-refractivity contribution < 1.29 is 27.9 Å². The van der Waals surface area contributed by atoms with Crippen LogP contribution >= 0.6 is 0 Å². The van der Waals surface area contributed by atoms with E-state index in [-0.39, 0.29) is 55.0 Å². The average Bonchev–Trinajstić information content (AvgIpc) is 1.67. The standard InChI is InChI=1S/C44H35BN2O2.C38H31BO2.C37H30BNO2/c1-43(2)44(3,4)49-45(48-43)33-21-15-28(16-22-33)34-23-17-31-19-25-36-37(26-20-32-18-24-35(34)40(31)41(32)36)42-46-38(29-11-7-5-8-12-29)27-39(47-42)30-13-9-6-10-14-30;1-37(2)38(3,4)41-39(40-37)28-12-7-11-27(23-28)30-19-15-25-18-22-34-32(20-16-26-17-21-33(30)35(25)36(26)34)31-14-8-10-24-9-5-6-13-29(24)31;1-36(2)37(3,4)41-38(40-36)29-14-9-25-20-27(8-7-26(25)21-29)30-15-10-23-13-18-33-31(28-6-5-19-39-22-28)16-11-24-12-17-32(30)34(23)35(24)33/h5-27H,1-4H3;5-23H,1-4H3;5-22H,1-4H3. The van der Waals surface area contributed by atoms with Gasteiger partial charge in [0.05, 0.1) is 45.0 Å². The van der Waals surface area contributed by atoms with Crippen molar-refractivity contribution in [1.29, 1.82) is 0 Å². The zero-order valence-corrected chi connectivity index (χ0v) is 75.7. The summed E-state index contributed by atoms with van der Waals surface area (Å²) >= 11 is 0. The van der Waals surface area contributed by atoms with Crippen molar-refractivity contribution in [2.24, 2.45) is 0 Å². The SMILES string of the molecule is CC1(C)OB(c2ccc(-c3ccc4ccc5c(-c6nc(-c7ccccc7)cc(-c7ccccc7)n6)ccc6ccc3c4c65)cc2)OC1(C)C.CC1(C)OB(c2ccc3cc(-c4ccc5ccc6c(-c7cccnc7)ccc7ccc4c5c76)ccc3c2)OC1(C)C.CC1(C)OB(c2cccc(-c3ccc4ccc5c(-c6cccc7ccccc67)ccc6ccc3c4c65)c2)OC1(C)C. The fourth-order valence-electron chi connectivity index (χ4n) is 20.1. The molecule has 131 heavy (non-hydrogen) atoms. The maximum atomic E-state index is 6.38. The highest BCUT2D eigenvalue weighted by Crippen LogP contribution is 2.49. The number of nitrogens with zero attached hydrogens (tertiary/aromatic N) is 3. The van der Waals surface area contributed by atoms with Gasteiger partial charge in [0.1, 0.15) is 0 Å². The summed E-state index contributed by atoms with van der Waals surface area (Å²) in [7, 11) is -1.13. The van der Waals surface area contributed by atoms with Crippen LogP contribution in [0.2, 0.25) is 0 Å². The molecule has 12 heteroatoms. The number of pyridine rings is 1. The fourth-order valence-corrected chi connectivity index (χ4v) is 20.1. The van der Waals surface area contributed by atoms with Gasteiger partial charge in [-0.2, -0.15) is 0 Å². The first-order valence-corrected chi connectivity index (χ1v) is 45.7. The van der Waals surface area contributed by atoms with Crippen LogP contribution < -0.4 is 16.4 Å². The van der Waals surface area contributed by atoms with Gasteiger partial charge in [-0.05, 0) is 292 Å². The van der Waals surface area contributed by atoms with Crippen molar-refractivity contribution in [3.63, 3.8) is 0 Å². The maximum absolute atomic E-state index is 6.38. The molecule has 25 rings (SSSR count). The summed E-state index contributed by atoms with van der Waals surface area (Å²) < 4.78 is 38.0. The van der Waals surface area contributed by atoms with E-state index in [0.29, 0.717) is 0 Å². The van der Waals surface area contributed by atoms with E-state index in [2.05, 4.69) is 422 Å². The molecule has 3 aliphatic rings. The molecule has 0 unspecified atom stereocenters. The Bertz CT molecular complexity index is 8160. The molecule has 0 spiro atoms. The predicted octanol–water partition coefficient (Wildman–Crippen LogP) is 28.5. The third kappa shape index (κ3) is 13.9. The molecule has 9 nitrogen and oxygen atoms in total. The molecule has 0 radical (unpaired) electrons. The fraction of sp³-hybridized carbons (Fsp3) is 0.151. The molecule has 3 saturated heterocycles. The van der Waals surface area contributed by atoms with E-state index in [0.717, 1.165) is 66.8 Å². The topological polar surface area (TPSA) is 94.1 Å². The number of rotatable bonds is 11. The molecule has 0 N–H and O–H groups in total. The first kappa shape index (κ1) is 81.7. The molecule has 0 aliphatic carbocycles. The lowest BCUT2D eigenvalue weighted by atomic mass is 9.77. The molecule has 0 bridgehead atoms. The van der Waals surface area contributed by atoms with Crippen molar-refractivity contribution >= 4 is 156 Å². The summed E-state index contributed by atoms with van der Waals surface area (Å²) in [4.78, 5) is 14.7. The Morgan fingerprint density at radius 1 is 0.198 bits per heavy atom. The Morgan fingerprint density at radius 3 is 0.992 bits per heavy atom. The van der Waals surface area contributed by atoms with E-state index in [1.165, 1.54) is 158 Å². The zero-order valence-electron chi connectivity index (χ0n) is 75.7. The molecule has 22 aromatic rings. The Kier molecular flexibility index (Phi) is 19.3. The van der Waals surface area contributed by atoms with Crippen LogP contribution in [0, 0.1) is 0 Å². The molecule has 0 saturated carbocycles. The molecular formula is C119H96B3N3O6. The Hall–Kier alpha value is -13.8. The Morgan fingerprint density at radius 2 is 0.519 bits per heavy atom. The minimum Gasteiger partial charge on any atom is -0.399 e. The van der Waals surface area contributed by atoms with Gasteiger partial charge in [0.15, 0.2) is 5.82 Å². The molecule has 20 aromatic carbocycles. The van der Waals surface area contributed by atoms with Gasteiger partial charge in [-0.1, -0.05) is 328 Å². The largest absolute Gasteiger partial charge is 0.494 e. The highest BCUT2D eigenvalue weighted by atomic mass is 16.7. The highest BCUT2D eigenvalue weighted by Gasteiger charge is 2.54. The lowest BCUT2D eigenvalue weighted by molar-refractivity contribution is 0.00578. The third-order valence-electron chi connectivity index (χ3n) is 29.3. The van der Waals surface area contributed by atoms with Crippen molar-refractivity contribution in [3.8, 4) is 89.5 Å². The molecule has 0 amide bonds. The molecule has 5 heterocycles. The molecular weight excluding hydrogens is 1600 g/mol. The van der Waals surface area contributed by atoms with Gasteiger partial charge >= 0.3 is 21.4 Å². The predicted molar refractivity (Wildman–Crippen MR) is 549 cm³/mol. The van der Waals surface area contributed by atoms with E-state index in [9.17, 15) is 0 Å². The van der Waals surface area contributed by atoms with E-state index in [1.54, 1.807) is 0 Å². The smallest absolute Gasteiger partial charge is 0.399 e. The maximum Gasteiger partial charge on any atom is 0.494 e. The summed E-state index contributed by atoms with van der Waals surface area (Å²) in [5.74, 6) is 0.719. The second-order valence-corrected chi connectivity index (χ2v) is 38.7. The lowest BCUT2D eigenvalue weighted by Crippen LogP contribution is -2.41. The summed E-state index contributed by atoms with van der Waals surface area (Å²) in [5, 5.41) is 27.6. The molecule has 2 aromatic heterocycles. The van der Waals surface area contributed by atoms with Crippen LogP contribution in [0.5, 0.6) is 0 Å². The summed E-state index contributed by atoms with van der Waals surface area (Å²) in [6.07, 6.45) is 3.78. The van der Waals surface area contributed by atoms with Gasteiger partial charge in [0.2, 0.25) is 0 Å². The van der Waals surface area contributed by atoms with Crippen LogP contribution in [-0.4, -0.2) is 69.9 Å². The third-order valence-corrected chi connectivity index (χ3v) is 29.3. The van der Waals surface area contributed by atoms with Crippen LogP contribution in [0.3, 0.4) is 0 Å². The lowest BCUT2D eigenvalue weighted by Gasteiger charge is -2.32. The Balaban J connectivity index is 0.000000112. The van der Waals surface area contributed by atoms with Crippen molar-refractivity contribution in [2.45, 2.75) is 117 Å². The first-order chi connectivity index (χ1) is 63.3. The van der Waals surface area contributed by atoms with Crippen molar-refractivity contribution in [2.75, 3.05) is 0 Å². The zero-order chi connectivity index (χ0) is 89.2. The van der Waals surface area contributed by atoms with Gasteiger partial charge in [0.25, 0.3) is 0 Å². The monoisotopic (exact) mass is 1700 g/mol. The molecule has 0 atom stereocenters. The number of fused-ring (bicyclic) bond motifs is 2. The minimum absolute atomic E-state index is 0.357. The van der Waals surface area contributed by atoms with Gasteiger partial charge in [-0.15, -0.1) is 0 Å². The average molecular weight is 1700 g/mol.